The molecule has 0 radical (unpaired) electrons. The summed E-state index contributed by atoms with van der Waals surface area (Å²) >= 11 is 0. The van der Waals surface area contributed by atoms with Crippen LogP contribution in [0.2, 0.25) is 0 Å². The fourth-order valence-corrected chi connectivity index (χ4v) is 5.86. The van der Waals surface area contributed by atoms with Gasteiger partial charge in [-0.3, -0.25) is 24.4 Å². The van der Waals surface area contributed by atoms with Gasteiger partial charge in [-0.2, -0.15) is 5.10 Å². The first kappa shape index (κ1) is 22.7. The van der Waals surface area contributed by atoms with Crippen molar-refractivity contribution in [3.63, 3.8) is 0 Å². The molecule has 3 aliphatic heterocycles. The number of aromatic nitrogens is 2. The quantitative estimate of drug-likeness (QED) is 0.576. The lowest BCUT2D eigenvalue weighted by Crippen LogP contribution is -2.52. The average Bonchev–Trinajstić information content (AvgIpc) is 3.54. The lowest BCUT2D eigenvalue weighted by Gasteiger charge is -2.29. The molecule has 0 aliphatic carbocycles. The molecule has 2 unspecified atom stereocenters. The monoisotopic (exact) mass is 483 g/mol. The zero-order chi connectivity index (χ0) is 25.0. The largest absolute Gasteiger partial charge is 0.322 e. The molecule has 0 saturated carbocycles. The van der Waals surface area contributed by atoms with Gasteiger partial charge in [-0.05, 0) is 56.6 Å². The number of likely N-dealkylation sites (N-methyl/N-ethyl adjacent to an activating group) is 1. The van der Waals surface area contributed by atoms with Crippen LogP contribution in [0, 0.1) is 6.92 Å². The summed E-state index contributed by atoms with van der Waals surface area (Å²) in [7, 11) is 2.14. The minimum absolute atomic E-state index is 0.162. The van der Waals surface area contributed by atoms with Gasteiger partial charge in [0.15, 0.2) is 0 Å². The smallest absolute Gasteiger partial charge is 0.255 e. The Hall–Kier alpha value is -3.78. The fraction of sp³-hybridized carbons (Fsp3) is 0.357. The van der Waals surface area contributed by atoms with E-state index < -0.39 is 11.9 Å². The number of amides is 3. The Bertz CT molecular complexity index is 1380. The number of nitrogens with zero attached hydrogens (tertiary/aromatic N) is 4. The van der Waals surface area contributed by atoms with Gasteiger partial charge in [0.05, 0.1) is 6.04 Å². The molecule has 0 spiro atoms. The molecule has 3 aromatic rings. The summed E-state index contributed by atoms with van der Waals surface area (Å²) in [5, 5.41) is 7.50. The standard InChI is InChI=1S/C28H29N5O3/c1-17-25(18-6-4-3-5-7-18)26(30-33(17)21-12-13-31(2)16-21)19-8-9-22-20(14-19)15-32(28(22)36)23-10-11-24(34)29-27(23)35/h3-9,14,21,23H,10-13,15-16H2,1-2H3,(H,29,34,35). The summed E-state index contributed by atoms with van der Waals surface area (Å²) in [4.78, 5) is 41.1. The summed E-state index contributed by atoms with van der Waals surface area (Å²) in [6, 6.07) is 15.9. The summed E-state index contributed by atoms with van der Waals surface area (Å²) in [5.41, 5.74) is 6.72. The van der Waals surface area contributed by atoms with Gasteiger partial charge in [0.25, 0.3) is 5.91 Å². The third-order valence-electron chi connectivity index (χ3n) is 7.72. The van der Waals surface area contributed by atoms with Crippen molar-refractivity contribution in [1.82, 2.24) is 24.9 Å². The average molecular weight is 484 g/mol. The number of benzene rings is 2. The van der Waals surface area contributed by atoms with Crippen LogP contribution in [0.15, 0.2) is 48.5 Å². The second-order valence-electron chi connectivity index (χ2n) is 10.1. The molecule has 0 bridgehead atoms. The van der Waals surface area contributed by atoms with Gasteiger partial charge in [0, 0.05) is 41.9 Å². The minimum Gasteiger partial charge on any atom is -0.322 e. The van der Waals surface area contributed by atoms with Crippen molar-refractivity contribution in [2.45, 2.75) is 44.8 Å². The van der Waals surface area contributed by atoms with E-state index in [2.05, 4.69) is 41.0 Å². The Morgan fingerprint density at radius 3 is 2.53 bits per heavy atom. The maximum Gasteiger partial charge on any atom is 0.255 e. The number of piperidine rings is 1. The molecule has 2 aromatic carbocycles. The first-order valence-corrected chi connectivity index (χ1v) is 12.5. The Morgan fingerprint density at radius 1 is 1.00 bits per heavy atom. The van der Waals surface area contributed by atoms with Crippen LogP contribution in [-0.2, 0) is 16.1 Å². The summed E-state index contributed by atoms with van der Waals surface area (Å²) in [5.74, 6) is -0.838. The van der Waals surface area contributed by atoms with E-state index in [1.165, 1.54) is 0 Å². The topological polar surface area (TPSA) is 87.5 Å². The number of nitrogens with one attached hydrogen (secondary N) is 1. The third kappa shape index (κ3) is 3.73. The normalized spacial score (nSPS) is 22.3. The van der Waals surface area contributed by atoms with E-state index in [4.69, 9.17) is 5.10 Å². The fourth-order valence-electron chi connectivity index (χ4n) is 5.86. The van der Waals surface area contributed by atoms with Gasteiger partial charge < -0.3 is 9.80 Å². The van der Waals surface area contributed by atoms with Crippen molar-refractivity contribution >= 4 is 17.7 Å². The van der Waals surface area contributed by atoms with Crippen molar-refractivity contribution in [2.24, 2.45) is 0 Å². The molecule has 1 N–H and O–H groups in total. The van der Waals surface area contributed by atoms with E-state index in [1.807, 2.05) is 36.4 Å². The highest BCUT2D eigenvalue weighted by atomic mass is 16.2. The van der Waals surface area contributed by atoms with Crippen LogP contribution >= 0.6 is 0 Å². The van der Waals surface area contributed by atoms with E-state index in [1.54, 1.807) is 4.90 Å². The van der Waals surface area contributed by atoms with E-state index in [0.717, 1.165) is 53.2 Å². The van der Waals surface area contributed by atoms with Crippen molar-refractivity contribution in [2.75, 3.05) is 20.1 Å². The predicted octanol–water partition coefficient (Wildman–Crippen LogP) is 3.16. The zero-order valence-electron chi connectivity index (χ0n) is 20.5. The van der Waals surface area contributed by atoms with Crippen LogP contribution in [0.1, 0.15) is 46.9 Å². The summed E-state index contributed by atoms with van der Waals surface area (Å²) < 4.78 is 2.18. The van der Waals surface area contributed by atoms with Crippen LogP contribution in [0.5, 0.6) is 0 Å². The van der Waals surface area contributed by atoms with Gasteiger partial charge in [0.1, 0.15) is 11.7 Å². The van der Waals surface area contributed by atoms with Crippen LogP contribution in [0.4, 0.5) is 0 Å². The van der Waals surface area contributed by atoms with E-state index in [0.29, 0.717) is 24.6 Å². The number of carbonyl (C=O) groups is 3. The molecule has 3 amide bonds. The lowest BCUT2D eigenvalue weighted by molar-refractivity contribution is -0.136. The highest BCUT2D eigenvalue weighted by Gasteiger charge is 2.39. The molecule has 36 heavy (non-hydrogen) atoms. The minimum atomic E-state index is -0.619. The van der Waals surface area contributed by atoms with Crippen molar-refractivity contribution in [3.05, 3.63) is 65.4 Å². The van der Waals surface area contributed by atoms with Gasteiger partial charge >= 0.3 is 0 Å². The van der Waals surface area contributed by atoms with E-state index >= 15 is 0 Å². The SMILES string of the molecule is Cc1c(-c2ccccc2)c(-c2ccc3c(c2)CN(C2CCC(=O)NC2=O)C3=O)nn1C1CCN(C)C1. The molecule has 2 saturated heterocycles. The molecule has 6 rings (SSSR count). The Labute approximate surface area is 209 Å². The molecular weight excluding hydrogens is 454 g/mol. The van der Waals surface area contributed by atoms with Crippen molar-refractivity contribution in [3.8, 4) is 22.4 Å². The van der Waals surface area contributed by atoms with Crippen LogP contribution < -0.4 is 5.32 Å². The molecular formula is C28H29N5O3. The zero-order valence-corrected chi connectivity index (χ0v) is 20.5. The molecule has 3 aliphatic rings. The molecule has 8 nitrogen and oxygen atoms in total. The summed E-state index contributed by atoms with van der Waals surface area (Å²) in [6.45, 7) is 4.51. The highest BCUT2D eigenvalue weighted by molar-refractivity contribution is 6.05. The number of rotatable bonds is 4. The predicted molar refractivity (Wildman–Crippen MR) is 135 cm³/mol. The molecule has 2 atom stereocenters. The second kappa shape index (κ2) is 8.71. The van der Waals surface area contributed by atoms with Crippen LogP contribution in [-0.4, -0.2) is 63.5 Å². The van der Waals surface area contributed by atoms with Crippen LogP contribution in [0.25, 0.3) is 22.4 Å². The van der Waals surface area contributed by atoms with Gasteiger partial charge in [-0.25, -0.2) is 0 Å². The number of hydrogen-bond donors (Lipinski definition) is 1. The maximum atomic E-state index is 13.2. The second-order valence-corrected chi connectivity index (χ2v) is 10.1. The lowest BCUT2D eigenvalue weighted by atomic mass is 9.97. The van der Waals surface area contributed by atoms with E-state index in [-0.39, 0.29) is 18.2 Å². The Morgan fingerprint density at radius 2 is 1.81 bits per heavy atom. The highest BCUT2D eigenvalue weighted by Crippen LogP contribution is 2.38. The van der Waals surface area contributed by atoms with Crippen LogP contribution in [0.3, 0.4) is 0 Å². The van der Waals surface area contributed by atoms with Gasteiger partial charge in [-0.15, -0.1) is 0 Å². The number of carbonyl (C=O) groups excluding carboxylic acids is 3. The number of likely N-dealkylation sites (tertiary alicyclic amines) is 1. The summed E-state index contributed by atoms with van der Waals surface area (Å²) in [6.07, 6.45) is 1.66. The number of hydrogen-bond acceptors (Lipinski definition) is 5. The number of fused-ring (bicyclic) bond motifs is 1. The molecule has 1 aromatic heterocycles. The Kier molecular flexibility index (Phi) is 5.48. The molecule has 8 heteroatoms. The first-order valence-electron chi connectivity index (χ1n) is 12.5. The van der Waals surface area contributed by atoms with Gasteiger partial charge in [-0.1, -0.05) is 36.4 Å². The van der Waals surface area contributed by atoms with Crippen molar-refractivity contribution < 1.29 is 14.4 Å². The third-order valence-corrected chi connectivity index (χ3v) is 7.72. The molecule has 2 fully saturated rings. The van der Waals surface area contributed by atoms with E-state index in [9.17, 15) is 14.4 Å². The Balaban J connectivity index is 1.39. The molecule has 184 valence electrons. The maximum absolute atomic E-state index is 13.2. The first-order chi connectivity index (χ1) is 17.4. The van der Waals surface area contributed by atoms with Crippen molar-refractivity contribution in [1.29, 1.82) is 0 Å². The molecule has 4 heterocycles. The number of imide groups is 1. The van der Waals surface area contributed by atoms with Gasteiger partial charge in [0.2, 0.25) is 11.8 Å².